The number of benzene rings is 2. The molecule has 0 aliphatic carbocycles. The van der Waals surface area contributed by atoms with Gasteiger partial charge in [-0.15, -0.1) is 0 Å². The molecule has 0 saturated heterocycles. The molecule has 4 rings (SSSR count). The Hall–Kier alpha value is -3.89. The van der Waals surface area contributed by atoms with Crippen LogP contribution in [0.25, 0.3) is 0 Å². The van der Waals surface area contributed by atoms with E-state index in [0.717, 1.165) is 0 Å². The predicted octanol–water partition coefficient (Wildman–Crippen LogP) is 5.71. The number of carbonyl (C=O) groups excluding carboxylic acids is 1. The van der Waals surface area contributed by atoms with Gasteiger partial charge in [-0.05, 0) is 35.9 Å². The van der Waals surface area contributed by atoms with E-state index in [-0.39, 0.29) is 46.2 Å². The first-order chi connectivity index (χ1) is 16.3. The Bertz CT molecular complexity index is 1370. The van der Waals surface area contributed by atoms with Crippen molar-refractivity contribution in [2.24, 2.45) is 0 Å². The van der Waals surface area contributed by atoms with Gasteiger partial charge in [-0.2, -0.15) is 5.10 Å². The highest BCUT2D eigenvalue weighted by atomic mass is 35.5. The lowest BCUT2D eigenvalue weighted by Gasteiger charge is -2.06. The standard InChI is InChI=1S/C22H15Cl2FN4O5/c23-17-5-3-15(29(31)32)10-20(17)33-12-16-4-6-19(34-16)22(30)26-21-7-8-28(27-21)11-13-1-2-14(25)9-18(13)24/h1-10H,11-12H2,(H,26,27,30). The molecule has 0 radical (unpaired) electrons. The number of ether oxygens (including phenoxy) is 1. The number of rotatable bonds is 8. The van der Waals surface area contributed by atoms with E-state index < -0.39 is 16.6 Å². The molecule has 2 heterocycles. The number of nitrogens with zero attached hydrogens (tertiary/aromatic N) is 3. The second-order valence-electron chi connectivity index (χ2n) is 7.01. The fourth-order valence-electron chi connectivity index (χ4n) is 2.96. The van der Waals surface area contributed by atoms with Crippen molar-refractivity contribution in [2.75, 3.05) is 5.32 Å². The second-order valence-corrected chi connectivity index (χ2v) is 7.83. The minimum atomic E-state index is -0.561. The molecule has 4 aromatic rings. The first-order valence-electron chi connectivity index (χ1n) is 9.72. The maximum absolute atomic E-state index is 13.2. The number of aromatic nitrogens is 2. The Labute approximate surface area is 201 Å². The first-order valence-corrected chi connectivity index (χ1v) is 10.5. The van der Waals surface area contributed by atoms with Crippen LogP contribution < -0.4 is 10.1 Å². The topological polar surface area (TPSA) is 112 Å². The number of halogens is 3. The van der Waals surface area contributed by atoms with Crippen LogP contribution in [-0.2, 0) is 13.2 Å². The van der Waals surface area contributed by atoms with Gasteiger partial charge >= 0.3 is 0 Å². The van der Waals surface area contributed by atoms with Gasteiger partial charge in [0.05, 0.1) is 22.6 Å². The average molecular weight is 505 g/mol. The number of nitrogens with one attached hydrogen (secondary N) is 1. The first kappa shape index (κ1) is 23.3. The number of carbonyl (C=O) groups is 1. The van der Waals surface area contributed by atoms with Crippen LogP contribution in [0.4, 0.5) is 15.9 Å². The van der Waals surface area contributed by atoms with Crippen LogP contribution in [0.2, 0.25) is 10.0 Å². The zero-order chi connectivity index (χ0) is 24.2. The molecular formula is C22H15Cl2FN4O5. The predicted molar refractivity (Wildman–Crippen MR) is 122 cm³/mol. The van der Waals surface area contributed by atoms with Crippen molar-refractivity contribution in [1.29, 1.82) is 0 Å². The number of furan rings is 1. The molecule has 0 aliphatic rings. The smallest absolute Gasteiger partial charge is 0.292 e. The molecule has 0 unspecified atom stereocenters. The van der Waals surface area contributed by atoms with Crippen LogP contribution in [0.15, 0.2) is 65.2 Å². The normalized spacial score (nSPS) is 10.8. The highest BCUT2D eigenvalue weighted by Crippen LogP contribution is 2.29. The Kier molecular flexibility index (Phi) is 6.80. The van der Waals surface area contributed by atoms with E-state index in [2.05, 4.69) is 10.4 Å². The van der Waals surface area contributed by atoms with Gasteiger partial charge in [0.1, 0.15) is 23.9 Å². The third kappa shape index (κ3) is 5.53. The van der Waals surface area contributed by atoms with Crippen LogP contribution in [-0.4, -0.2) is 20.6 Å². The summed E-state index contributed by atoms with van der Waals surface area (Å²) in [4.78, 5) is 22.8. The van der Waals surface area contributed by atoms with E-state index in [1.165, 1.54) is 42.5 Å². The van der Waals surface area contributed by atoms with Gasteiger partial charge in [-0.3, -0.25) is 19.6 Å². The van der Waals surface area contributed by atoms with E-state index >= 15 is 0 Å². The summed E-state index contributed by atoms with van der Waals surface area (Å²) in [6.07, 6.45) is 1.64. The van der Waals surface area contributed by atoms with Crippen molar-refractivity contribution in [1.82, 2.24) is 9.78 Å². The summed E-state index contributed by atoms with van der Waals surface area (Å²) in [5, 5.41) is 18.2. The van der Waals surface area contributed by atoms with E-state index in [0.29, 0.717) is 11.3 Å². The van der Waals surface area contributed by atoms with Crippen LogP contribution in [0.5, 0.6) is 5.75 Å². The van der Waals surface area contributed by atoms with Gasteiger partial charge in [-0.25, -0.2) is 4.39 Å². The molecule has 0 aliphatic heterocycles. The molecule has 2 aromatic heterocycles. The molecule has 1 amide bonds. The zero-order valence-electron chi connectivity index (χ0n) is 17.2. The molecule has 0 atom stereocenters. The zero-order valence-corrected chi connectivity index (χ0v) is 18.7. The average Bonchev–Trinajstić information content (AvgIpc) is 3.44. The molecule has 2 aromatic carbocycles. The van der Waals surface area contributed by atoms with Crippen molar-refractivity contribution in [3.8, 4) is 5.75 Å². The molecular weight excluding hydrogens is 490 g/mol. The molecule has 0 spiro atoms. The van der Waals surface area contributed by atoms with Crippen LogP contribution in [0.1, 0.15) is 21.9 Å². The molecule has 0 fully saturated rings. The van der Waals surface area contributed by atoms with Crippen molar-refractivity contribution < 1.29 is 23.3 Å². The monoisotopic (exact) mass is 504 g/mol. The number of nitro benzene ring substituents is 1. The van der Waals surface area contributed by atoms with E-state index in [4.69, 9.17) is 32.4 Å². The second kappa shape index (κ2) is 9.94. The highest BCUT2D eigenvalue weighted by molar-refractivity contribution is 6.32. The molecule has 174 valence electrons. The minimum absolute atomic E-state index is 0.0138. The number of hydrogen-bond donors (Lipinski definition) is 1. The third-order valence-corrected chi connectivity index (χ3v) is 5.27. The summed E-state index contributed by atoms with van der Waals surface area (Å²) in [5.41, 5.74) is 0.503. The van der Waals surface area contributed by atoms with Crippen LogP contribution in [0.3, 0.4) is 0 Å². The summed E-state index contributed by atoms with van der Waals surface area (Å²) < 4.78 is 25.7. The summed E-state index contributed by atoms with van der Waals surface area (Å²) in [6, 6.07) is 12.5. The van der Waals surface area contributed by atoms with Gasteiger partial charge in [0, 0.05) is 23.4 Å². The van der Waals surface area contributed by atoms with Gasteiger partial charge in [-0.1, -0.05) is 29.3 Å². The fraction of sp³-hybridized carbons (Fsp3) is 0.0909. The molecule has 12 heteroatoms. The van der Waals surface area contributed by atoms with E-state index in [9.17, 15) is 19.3 Å². The van der Waals surface area contributed by atoms with E-state index in [1.54, 1.807) is 23.0 Å². The number of anilines is 1. The van der Waals surface area contributed by atoms with Crippen LogP contribution in [0, 0.1) is 15.9 Å². The van der Waals surface area contributed by atoms with Crippen LogP contribution >= 0.6 is 23.2 Å². The Balaban J connectivity index is 1.36. The largest absolute Gasteiger partial charge is 0.484 e. The van der Waals surface area contributed by atoms with Gasteiger partial charge in [0.2, 0.25) is 0 Å². The van der Waals surface area contributed by atoms with E-state index in [1.807, 2.05) is 0 Å². The van der Waals surface area contributed by atoms with Gasteiger partial charge in [0.25, 0.3) is 11.6 Å². The maximum atomic E-state index is 13.2. The Morgan fingerprint density at radius 2 is 1.97 bits per heavy atom. The SMILES string of the molecule is O=C(Nc1ccn(Cc2ccc(F)cc2Cl)n1)c1ccc(COc2cc([N+](=O)[O-])ccc2Cl)o1. The summed E-state index contributed by atoms with van der Waals surface area (Å²) in [5.74, 6) is -0.252. The lowest BCUT2D eigenvalue weighted by Crippen LogP contribution is -2.12. The van der Waals surface area contributed by atoms with Crippen molar-refractivity contribution >= 4 is 40.6 Å². The Morgan fingerprint density at radius 1 is 1.15 bits per heavy atom. The van der Waals surface area contributed by atoms with Crippen molar-refractivity contribution in [2.45, 2.75) is 13.2 Å². The maximum Gasteiger partial charge on any atom is 0.292 e. The minimum Gasteiger partial charge on any atom is -0.484 e. The molecule has 0 bridgehead atoms. The van der Waals surface area contributed by atoms with Gasteiger partial charge < -0.3 is 14.5 Å². The molecule has 0 saturated carbocycles. The van der Waals surface area contributed by atoms with Crippen molar-refractivity contribution in [3.63, 3.8) is 0 Å². The molecule has 9 nitrogen and oxygen atoms in total. The fourth-order valence-corrected chi connectivity index (χ4v) is 3.36. The molecule has 1 N–H and O–H groups in total. The van der Waals surface area contributed by atoms with Gasteiger partial charge in [0.15, 0.2) is 11.6 Å². The van der Waals surface area contributed by atoms with Crippen molar-refractivity contribution in [3.05, 3.63) is 104 Å². The summed E-state index contributed by atoms with van der Waals surface area (Å²) in [6.45, 7) is 0.193. The number of amides is 1. The molecule has 34 heavy (non-hydrogen) atoms. The summed E-state index contributed by atoms with van der Waals surface area (Å²) in [7, 11) is 0. The highest BCUT2D eigenvalue weighted by Gasteiger charge is 2.15. The quantitative estimate of drug-likeness (QED) is 0.243. The lowest BCUT2D eigenvalue weighted by atomic mass is 10.2. The number of nitro groups is 1. The number of non-ortho nitro benzene ring substituents is 1. The summed E-state index contributed by atoms with van der Waals surface area (Å²) >= 11 is 12.0. The lowest BCUT2D eigenvalue weighted by molar-refractivity contribution is -0.384. The number of hydrogen-bond acceptors (Lipinski definition) is 6. The third-order valence-electron chi connectivity index (χ3n) is 4.61. The Morgan fingerprint density at radius 3 is 2.74 bits per heavy atom.